The van der Waals surface area contributed by atoms with Crippen molar-refractivity contribution in [2.24, 2.45) is 5.41 Å². The number of anilines is 1. The third kappa shape index (κ3) is 8.02. The van der Waals surface area contributed by atoms with Gasteiger partial charge in [-0.3, -0.25) is 9.80 Å². The highest BCUT2D eigenvalue weighted by Gasteiger charge is 2.51. The molecule has 1 aliphatic carbocycles. The SMILES string of the molecule is [C-]#[N+]c1cc(Cl)cc(C(C)(C)c2ccc(OCc3ccnc(N4CCN(C5CN(C6CC7(CCN(C(=O)OC(C)(C)C)CC7)C6)C5)CC4)n3)cc2)c1. The van der Waals surface area contributed by atoms with Crippen molar-refractivity contribution >= 4 is 29.3 Å². The molecule has 1 saturated carbocycles. The predicted molar refractivity (Wildman–Crippen MR) is 204 cm³/mol. The van der Waals surface area contributed by atoms with Crippen LogP contribution in [0.4, 0.5) is 16.4 Å². The summed E-state index contributed by atoms with van der Waals surface area (Å²) in [5, 5.41) is 0.571. The number of nitrogens with zero attached hydrogens (tertiary/aromatic N) is 7. The number of halogens is 1. The Bertz CT molecular complexity index is 1770. The molecule has 10 nitrogen and oxygen atoms in total. The maximum Gasteiger partial charge on any atom is 0.410 e. The summed E-state index contributed by atoms with van der Waals surface area (Å²) in [5.74, 6) is 1.54. The standard InChI is InChI=1S/C41H52ClN7O3/c1-39(2,3)52-38(50)48-15-12-41(13-16-48)24-34(25-41)49-26-35(27-49)46-17-19-47(20-18-46)37-44-14-11-32(45-37)28-51-36-9-7-29(8-10-36)40(4,5)30-21-31(42)23-33(22-30)43-6/h7-11,14,21-23,34-35H,12-13,15-20,24-28H2,1-5H3. The molecule has 52 heavy (non-hydrogen) atoms. The number of benzene rings is 2. The number of hydrogen-bond acceptors (Lipinski definition) is 8. The zero-order chi connectivity index (χ0) is 36.7. The average Bonchev–Trinajstić information content (AvgIpc) is 3.09. The van der Waals surface area contributed by atoms with E-state index in [0.717, 1.165) is 93.7 Å². The maximum atomic E-state index is 12.5. The lowest BCUT2D eigenvalue weighted by Crippen LogP contribution is -2.68. The lowest BCUT2D eigenvalue weighted by molar-refractivity contribution is -0.0902. The highest BCUT2D eigenvalue weighted by Crippen LogP contribution is 2.52. The molecule has 1 amide bonds. The minimum Gasteiger partial charge on any atom is -0.487 e. The van der Waals surface area contributed by atoms with Crippen LogP contribution in [0.2, 0.25) is 5.02 Å². The van der Waals surface area contributed by atoms with Gasteiger partial charge in [0.2, 0.25) is 5.95 Å². The molecule has 3 saturated heterocycles. The van der Waals surface area contributed by atoms with Crippen molar-refractivity contribution in [3.8, 4) is 5.75 Å². The third-order valence-corrected chi connectivity index (χ3v) is 11.9. The van der Waals surface area contributed by atoms with Crippen molar-refractivity contribution in [2.75, 3.05) is 57.3 Å². The summed E-state index contributed by atoms with van der Waals surface area (Å²) < 4.78 is 11.7. The molecule has 0 atom stereocenters. The normalized spacial score (nSPS) is 20.2. The van der Waals surface area contributed by atoms with E-state index in [1.807, 2.05) is 62.2 Å². The third-order valence-electron chi connectivity index (χ3n) is 11.7. The van der Waals surface area contributed by atoms with Crippen LogP contribution in [0.1, 0.15) is 77.1 Å². The average molecular weight is 726 g/mol. The second-order valence-corrected chi connectivity index (χ2v) is 17.2. The number of aromatic nitrogens is 2. The topological polar surface area (TPSA) is 78.6 Å². The van der Waals surface area contributed by atoms with Gasteiger partial charge in [-0.25, -0.2) is 19.6 Å². The summed E-state index contributed by atoms with van der Waals surface area (Å²) in [4.78, 5) is 35.1. The zero-order valence-corrected chi connectivity index (χ0v) is 32.0. The van der Waals surface area contributed by atoms with Gasteiger partial charge < -0.3 is 19.3 Å². The maximum absolute atomic E-state index is 12.5. The van der Waals surface area contributed by atoms with Gasteiger partial charge in [-0.15, -0.1) is 0 Å². The Kier molecular flexibility index (Phi) is 10.2. The highest BCUT2D eigenvalue weighted by molar-refractivity contribution is 6.31. The molecule has 0 N–H and O–H groups in total. The van der Waals surface area contributed by atoms with Gasteiger partial charge in [-0.05, 0) is 93.3 Å². The van der Waals surface area contributed by atoms with Crippen molar-refractivity contribution in [2.45, 2.75) is 90.0 Å². The van der Waals surface area contributed by atoms with E-state index >= 15 is 0 Å². The summed E-state index contributed by atoms with van der Waals surface area (Å²) in [6.07, 6.45) is 6.41. The van der Waals surface area contributed by atoms with Crippen LogP contribution in [0.15, 0.2) is 54.7 Å². The number of rotatable bonds is 8. The van der Waals surface area contributed by atoms with Crippen molar-refractivity contribution in [3.63, 3.8) is 0 Å². The molecule has 0 radical (unpaired) electrons. The van der Waals surface area contributed by atoms with Crippen LogP contribution in [0.25, 0.3) is 4.85 Å². The van der Waals surface area contributed by atoms with E-state index in [2.05, 4.69) is 50.5 Å². The van der Waals surface area contributed by atoms with E-state index in [9.17, 15) is 4.79 Å². The van der Waals surface area contributed by atoms with E-state index in [1.165, 1.54) is 12.8 Å². The van der Waals surface area contributed by atoms with E-state index in [1.54, 1.807) is 6.07 Å². The van der Waals surface area contributed by atoms with Crippen LogP contribution in [0.3, 0.4) is 0 Å². The fourth-order valence-corrected chi connectivity index (χ4v) is 8.54. The number of likely N-dealkylation sites (tertiary alicyclic amines) is 2. The number of hydrogen-bond donors (Lipinski definition) is 0. The van der Waals surface area contributed by atoms with E-state index in [4.69, 9.17) is 32.6 Å². The van der Waals surface area contributed by atoms with Gasteiger partial charge in [0.1, 0.15) is 18.0 Å². The molecule has 11 heteroatoms. The van der Waals surface area contributed by atoms with Gasteiger partial charge in [0.25, 0.3) is 0 Å². The number of ether oxygens (including phenoxy) is 2. The number of carbonyl (C=O) groups is 1. The van der Waals surface area contributed by atoms with Gasteiger partial charge in [0, 0.05) is 81.1 Å². The molecule has 7 rings (SSSR count). The fourth-order valence-electron chi connectivity index (χ4n) is 8.31. The van der Waals surface area contributed by atoms with Crippen molar-refractivity contribution < 1.29 is 14.3 Å². The Morgan fingerprint density at radius 2 is 1.60 bits per heavy atom. The van der Waals surface area contributed by atoms with Crippen molar-refractivity contribution in [3.05, 3.63) is 88.0 Å². The first kappa shape index (κ1) is 36.4. The zero-order valence-electron chi connectivity index (χ0n) is 31.3. The number of carbonyl (C=O) groups excluding carboxylic acids is 1. The summed E-state index contributed by atoms with van der Waals surface area (Å²) in [7, 11) is 0. The molecule has 4 heterocycles. The first-order valence-corrected chi connectivity index (χ1v) is 19.1. The summed E-state index contributed by atoms with van der Waals surface area (Å²) in [5.41, 5.74) is 3.17. The largest absolute Gasteiger partial charge is 0.487 e. The van der Waals surface area contributed by atoms with Crippen LogP contribution in [0, 0.1) is 12.0 Å². The first-order chi connectivity index (χ1) is 24.8. The van der Waals surface area contributed by atoms with Gasteiger partial charge in [0.15, 0.2) is 5.69 Å². The van der Waals surface area contributed by atoms with E-state index in [0.29, 0.717) is 34.8 Å². The van der Waals surface area contributed by atoms with E-state index in [-0.39, 0.29) is 11.5 Å². The van der Waals surface area contributed by atoms with Crippen LogP contribution in [-0.4, -0.2) is 101 Å². The minimum absolute atomic E-state index is 0.162. The Hall–Kier alpha value is -3.91. The molecular weight excluding hydrogens is 674 g/mol. The smallest absolute Gasteiger partial charge is 0.410 e. The number of piperidine rings is 1. The molecule has 3 aromatic rings. The second-order valence-electron chi connectivity index (χ2n) is 16.8. The van der Waals surface area contributed by atoms with E-state index < -0.39 is 5.60 Å². The summed E-state index contributed by atoms with van der Waals surface area (Å²) in [6.45, 7) is 25.7. The summed E-state index contributed by atoms with van der Waals surface area (Å²) in [6, 6.07) is 16.9. The van der Waals surface area contributed by atoms with Crippen LogP contribution < -0.4 is 9.64 Å². The van der Waals surface area contributed by atoms with Crippen molar-refractivity contribution in [1.29, 1.82) is 0 Å². The fraction of sp³-hybridized carbons (Fsp3) is 0.561. The van der Waals surface area contributed by atoms with Crippen LogP contribution >= 0.6 is 11.6 Å². The Morgan fingerprint density at radius 1 is 0.904 bits per heavy atom. The lowest BCUT2D eigenvalue weighted by Gasteiger charge is -2.59. The van der Waals surface area contributed by atoms with Crippen molar-refractivity contribution in [1.82, 2.24) is 24.7 Å². The van der Waals surface area contributed by atoms with Gasteiger partial charge >= 0.3 is 6.09 Å². The second kappa shape index (κ2) is 14.5. The monoisotopic (exact) mass is 725 g/mol. The quantitative estimate of drug-likeness (QED) is 0.220. The molecule has 3 aliphatic heterocycles. The number of amides is 1. The molecule has 4 fully saturated rings. The molecule has 1 aromatic heterocycles. The van der Waals surface area contributed by atoms with Gasteiger partial charge in [-0.1, -0.05) is 43.6 Å². The predicted octanol–water partition coefficient (Wildman–Crippen LogP) is 7.57. The minimum atomic E-state index is -0.440. The Morgan fingerprint density at radius 3 is 2.25 bits per heavy atom. The number of piperazine rings is 1. The van der Waals surface area contributed by atoms with Gasteiger partial charge in [0.05, 0.1) is 12.3 Å². The summed E-state index contributed by atoms with van der Waals surface area (Å²) >= 11 is 6.30. The van der Waals surface area contributed by atoms with Gasteiger partial charge in [-0.2, -0.15) is 0 Å². The van der Waals surface area contributed by atoms with Crippen LogP contribution in [0.5, 0.6) is 5.75 Å². The van der Waals surface area contributed by atoms with Crippen LogP contribution in [-0.2, 0) is 16.8 Å². The molecule has 2 aromatic carbocycles. The Labute approximate surface area is 313 Å². The highest BCUT2D eigenvalue weighted by atomic mass is 35.5. The molecule has 4 aliphatic rings. The molecule has 0 bridgehead atoms. The molecule has 1 spiro atoms. The molecule has 0 unspecified atom stereocenters. The molecule has 276 valence electrons. The first-order valence-electron chi connectivity index (χ1n) is 18.7. The lowest BCUT2D eigenvalue weighted by atomic mass is 9.59. The Balaban J connectivity index is 0.832. The molecular formula is C41H52ClN7O3.